The third-order valence-corrected chi connectivity index (χ3v) is 3.69. The van der Waals surface area contributed by atoms with Gasteiger partial charge in [0.15, 0.2) is 0 Å². The van der Waals surface area contributed by atoms with Gasteiger partial charge in [-0.2, -0.15) is 13.2 Å². The quantitative estimate of drug-likeness (QED) is 0.854. The zero-order valence-corrected chi connectivity index (χ0v) is 11.4. The van der Waals surface area contributed by atoms with Gasteiger partial charge in [0.1, 0.15) is 11.0 Å². The molecule has 1 aromatic rings. The van der Waals surface area contributed by atoms with Crippen molar-refractivity contribution in [3.05, 3.63) is 22.8 Å². The molecular formula is C12H13ClF3N3O. The fraction of sp³-hybridized carbons (Fsp3) is 0.500. The molecule has 0 bridgehead atoms. The van der Waals surface area contributed by atoms with Gasteiger partial charge in [-0.3, -0.25) is 4.79 Å². The highest BCUT2D eigenvalue weighted by Gasteiger charge is 2.40. The molecular weight excluding hydrogens is 295 g/mol. The molecule has 2 heterocycles. The van der Waals surface area contributed by atoms with Crippen molar-refractivity contribution < 1.29 is 18.0 Å². The van der Waals surface area contributed by atoms with Crippen molar-refractivity contribution in [2.45, 2.75) is 19.5 Å². The molecule has 20 heavy (non-hydrogen) atoms. The number of carbonyl (C=O) groups excluding carboxylic acids is 1. The number of aromatic nitrogens is 1. The molecule has 8 heteroatoms. The molecule has 1 aromatic heterocycles. The van der Waals surface area contributed by atoms with Crippen LogP contribution in [-0.4, -0.2) is 24.0 Å². The molecule has 1 amide bonds. The highest BCUT2D eigenvalue weighted by molar-refractivity contribution is 6.29. The SMILES string of the molecule is CC1(C(N)=O)CCN(c2cc(C(F)(F)F)cc(Cl)n2)C1. The van der Waals surface area contributed by atoms with E-state index in [4.69, 9.17) is 17.3 Å². The van der Waals surface area contributed by atoms with Crippen LogP contribution in [0.3, 0.4) is 0 Å². The van der Waals surface area contributed by atoms with E-state index in [-0.39, 0.29) is 17.5 Å². The number of rotatable bonds is 2. The number of amides is 1. The van der Waals surface area contributed by atoms with Crippen LogP contribution in [0, 0.1) is 5.41 Å². The molecule has 0 radical (unpaired) electrons. The second-order valence-electron chi connectivity index (χ2n) is 5.13. The zero-order chi connectivity index (χ0) is 15.1. The van der Waals surface area contributed by atoms with Gasteiger partial charge in [-0.1, -0.05) is 11.6 Å². The van der Waals surface area contributed by atoms with E-state index in [1.54, 1.807) is 11.8 Å². The molecule has 4 nitrogen and oxygen atoms in total. The monoisotopic (exact) mass is 307 g/mol. The number of alkyl halides is 3. The van der Waals surface area contributed by atoms with Gasteiger partial charge in [-0.25, -0.2) is 4.98 Å². The zero-order valence-electron chi connectivity index (χ0n) is 10.7. The molecule has 0 saturated carbocycles. The maximum absolute atomic E-state index is 12.7. The molecule has 1 saturated heterocycles. The summed E-state index contributed by atoms with van der Waals surface area (Å²) in [6.07, 6.45) is -4.02. The van der Waals surface area contributed by atoms with E-state index in [0.717, 1.165) is 12.1 Å². The predicted octanol–water partition coefficient (Wildman–Crippen LogP) is 2.46. The summed E-state index contributed by atoms with van der Waals surface area (Å²) in [6.45, 7) is 2.32. The Morgan fingerprint density at radius 2 is 2.15 bits per heavy atom. The van der Waals surface area contributed by atoms with Crippen molar-refractivity contribution in [2.24, 2.45) is 11.1 Å². The first-order valence-electron chi connectivity index (χ1n) is 5.91. The number of pyridine rings is 1. The van der Waals surface area contributed by atoms with Crippen LogP contribution in [0.15, 0.2) is 12.1 Å². The Kier molecular flexibility index (Phi) is 3.58. The van der Waals surface area contributed by atoms with E-state index < -0.39 is 23.1 Å². The molecule has 1 atom stereocenters. The summed E-state index contributed by atoms with van der Waals surface area (Å²) >= 11 is 5.64. The van der Waals surface area contributed by atoms with E-state index in [0.29, 0.717) is 13.0 Å². The van der Waals surface area contributed by atoms with Gasteiger partial charge in [-0.15, -0.1) is 0 Å². The van der Waals surface area contributed by atoms with E-state index in [2.05, 4.69) is 4.98 Å². The maximum atomic E-state index is 12.7. The van der Waals surface area contributed by atoms with Gasteiger partial charge < -0.3 is 10.6 Å². The molecule has 2 N–H and O–H groups in total. The van der Waals surface area contributed by atoms with Gasteiger partial charge in [0, 0.05) is 13.1 Å². The molecule has 1 aliphatic rings. The lowest BCUT2D eigenvalue weighted by atomic mass is 9.89. The Morgan fingerprint density at radius 1 is 1.50 bits per heavy atom. The predicted molar refractivity (Wildman–Crippen MR) is 68.4 cm³/mol. The van der Waals surface area contributed by atoms with E-state index >= 15 is 0 Å². The van der Waals surface area contributed by atoms with Crippen LogP contribution in [0.5, 0.6) is 0 Å². The Bertz CT molecular complexity index is 549. The first-order chi connectivity index (χ1) is 9.12. The number of anilines is 1. The van der Waals surface area contributed by atoms with Gasteiger partial charge >= 0.3 is 6.18 Å². The highest BCUT2D eigenvalue weighted by Crippen LogP contribution is 2.36. The summed E-state index contributed by atoms with van der Waals surface area (Å²) in [5.41, 5.74) is 3.69. The molecule has 110 valence electrons. The molecule has 1 unspecified atom stereocenters. The van der Waals surface area contributed by atoms with Crippen LogP contribution in [0.4, 0.5) is 19.0 Å². The Labute approximate surface area is 118 Å². The van der Waals surface area contributed by atoms with Crippen LogP contribution < -0.4 is 10.6 Å². The Balaban J connectivity index is 2.31. The average molecular weight is 308 g/mol. The van der Waals surface area contributed by atoms with Gasteiger partial charge in [0.25, 0.3) is 0 Å². The summed E-state index contributed by atoms with van der Waals surface area (Å²) in [5, 5.41) is -0.234. The average Bonchev–Trinajstić information content (AvgIpc) is 2.71. The minimum absolute atomic E-state index is 0.106. The number of hydrogen-bond donors (Lipinski definition) is 1. The minimum atomic E-state index is -4.49. The number of nitrogens with two attached hydrogens (primary N) is 1. The van der Waals surface area contributed by atoms with E-state index in [9.17, 15) is 18.0 Å². The largest absolute Gasteiger partial charge is 0.416 e. The second-order valence-corrected chi connectivity index (χ2v) is 5.52. The standard InChI is InChI=1S/C12H13ClF3N3O/c1-11(10(17)20)2-3-19(6-11)9-5-7(12(14,15)16)4-8(13)18-9/h4-5H,2-3,6H2,1H3,(H2,17,20). The molecule has 1 fully saturated rings. The van der Waals surface area contributed by atoms with E-state index in [1.807, 2.05) is 0 Å². The number of nitrogens with zero attached hydrogens (tertiary/aromatic N) is 2. The molecule has 0 aromatic carbocycles. The topological polar surface area (TPSA) is 59.2 Å². The fourth-order valence-electron chi connectivity index (χ4n) is 2.17. The summed E-state index contributed by atoms with van der Waals surface area (Å²) in [7, 11) is 0. The van der Waals surface area contributed by atoms with Crippen molar-refractivity contribution in [3.8, 4) is 0 Å². The number of halogens is 4. The third kappa shape index (κ3) is 2.82. The Hall–Kier alpha value is -1.50. The Morgan fingerprint density at radius 3 is 2.65 bits per heavy atom. The lowest BCUT2D eigenvalue weighted by molar-refractivity contribution is -0.137. The van der Waals surface area contributed by atoms with Gasteiger partial charge in [-0.05, 0) is 25.5 Å². The highest BCUT2D eigenvalue weighted by atomic mass is 35.5. The van der Waals surface area contributed by atoms with Crippen molar-refractivity contribution in [3.63, 3.8) is 0 Å². The number of hydrogen-bond acceptors (Lipinski definition) is 3. The summed E-state index contributed by atoms with van der Waals surface area (Å²) in [6, 6.07) is 1.70. The smallest absolute Gasteiger partial charge is 0.369 e. The van der Waals surface area contributed by atoms with Crippen molar-refractivity contribution in [1.29, 1.82) is 0 Å². The van der Waals surface area contributed by atoms with Crippen LogP contribution in [0.2, 0.25) is 5.15 Å². The van der Waals surface area contributed by atoms with Gasteiger partial charge in [0.2, 0.25) is 5.91 Å². The first kappa shape index (κ1) is 14.9. The molecule has 0 aliphatic carbocycles. The fourth-order valence-corrected chi connectivity index (χ4v) is 2.37. The van der Waals surface area contributed by atoms with Crippen molar-refractivity contribution in [2.75, 3.05) is 18.0 Å². The number of primary amides is 1. The van der Waals surface area contributed by atoms with Crippen molar-refractivity contribution >= 4 is 23.3 Å². The lowest BCUT2D eigenvalue weighted by Gasteiger charge is -2.22. The van der Waals surface area contributed by atoms with Crippen LogP contribution in [0.25, 0.3) is 0 Å². The van der Waals surface area contributed by atoms with E-state index in [1.165, 1.54) is 0 Å². The van der Waals surface area contributed by atoms with Crippen LogP contribution >= 0.6 is 11.6 Å². The molecule has 1 aliphatic heterocycles. The van der Waals surface area contributed by atoms with Crippen molar-refractivity contribution in [1.82, 2.24) is 4.98 Å². The summed E-state index contributed by atoms with van der Waals surface area (Å²) in [5.74, 6) is -0.368. The van der Waals surface area contributed by atoms with Gasteiger partial charge in [0.05, 0.1) is 11.0 Å². The first-order valence-corrected chi connectivity index (χ1v) is 6.29. The molecule has 2 rings (SSSR count). The molecule has 0 spiro atoms. The maximum Gasteiger partial charge on any atom is 0.416 e. The minimum Gasteiger partial charge on any atom is -0.369 e. The van der Waals surface area contributed by atoms with Crippen LogP contribution in [-0.2, 0) is 11.0 Å². The normalized spacial score (nSPS) is 23.1. The summed E-state index contributed by atoms with van der Waals surface area (Å²) in [4.78, 5) is 16.8. The summed E-state index contributed by atoms with van der Waals surface area (Å²) < 4.78 is 38.2. The van der Waals surface area contributed by atoms with Crippen LogP contribution in [0.1, 0.15) is 18.9 Å². The lowest BCUT2D eigenvalue weighted by Crippen LogP contribution is -2.37. The number of carbonyl (C=O) groups is 1. The second kappa shape index (κ2) is 4.80. The third-order valence-electron chi connectivity index (χ3n) is 3.50.